The zero-order valence-corrected chi connectivity index (χ0v) is 15.5. The molecule has 0 saturated heterocycles. The molecule has 1 aromatic rings. The van der Waals surface area contributed by atoms with E-state index in [4.69, 9.17) is 9.47 Å². The van der Waals surface area contributed by atoms with Crippen LogP contribution in [0.3, 0.4) is 0 Å². The van der Waals surface area contributed by atoms with Crippen molar-refractivity contribution in [3.63, 3.8) is 0 Å². The van der Waals surface area contributed by atoms with Gasteiger partial charge in [0.2, 0.25) is 0 Å². The Balaban J connectivity index is 2.00. The van der Waals surface area contributed by atoms with Gasteiger partial charge in [0.1, 0.15) is 12.4 Å². The lowest BCUT2D eigenvalue weighted by atomic mass is 10.1. The van der Waals surface area contributed by atoms with Gasteiger partial charge in [0, 0.05) is 17.9 Å². The number of fused-ring (bicyclic) bond motifs is 1. The van der Waals surface area contributed by atoms with E-state index in [2.05, 4.69) is 4.74 Å². The minimum Gasteiger partial charge on any atom is -0.466 e. The van der Waals surface area contributed by atoms with E-state index in [0.717, 1.165) is 14.2 Å². The number of hydrogen-bond donors (Lipinski definition) is 0. The summed E-state index contributed by atoms with van der Waals surface area (Å²) >= 11 is 0. The van der Waals surface area contributed by atoms with Crippen LogP contribution in [0.2, 0.25) is 0 Å². The van der Waals surface area contributed by atoms with Crippen LogP contribution in [0.15, 0.2) is 29.5 Å². The van der Waals surface area contributed by atoms with Crippen molar-refractivity contribution in [1.82, 2.24) is 0 Å². The number of carbonyl (C=O) groups excluding carboxylic acids is 3. The number of carbonyl (C=O) groups is 3. The molecule has 0 aromatic heterocycles. The SMILES string of the molecule is COC(=O)C1=C(C(=O)OC)N(c2ccc3c(c2)CCN3C(=O)C(F)(F)F)COC1. The maximum Gasteiger partial charge on any atom is 0.471 e. The third kappa shape index (κ3) is 3.77. The number of anilines is 2. The topological polar surface area (TPSA) is 85.4 Å². The zero-order valence-electron chi connectivity index (χ0n) is 15.5. The largest absolute Gasteiger partial charge is 0.471 e. The summed E-state index contributed by atoms with van der Waals surface area (Å²) in [5.74, 6) is -3.49. The molecule has 2 heterocycles. The third-order valence-corrected chi connectivity index (χ3v) is 4.59. The lowest BCUT2D eigenvalue weighted by molar-refractivity contribution is -0.170. The van der Waals surface area contributed by atoms with Crippen LogP contribution in [0.5, 0.6) is 0 Å². The van der Waals surface area contributed by atoms with Crippen LogP contribution in [-0.4, -0.2) is 58.1 Å². The minimum atomic E-state index is -4.98. The molecule has 29 heavy (non-hydrogen) atoms. The zero-order chi connectivity index (χ0) is 21.3. The summed E-state index contributed by atoms with van der Waals surface area (Å²) in [4.78, 5) is 38.0. The van der Waals surface area contributed by atoms with Gasteiger partial charge in [-0.25, -0.2) is 9.59 Å². The minimum absolute atomic E-state index is 0.0417. The first-order valence-electron chi connectivity index (χ1n) is 8.45. The Morgan fingerprint density at radius 3 is 2.41 bits per heavy atom. The van der Waals surface area contributed by atoms with Crippen LogP contribution in [0.1, 0.15) is 5.56 Å². The highest BCUT2D eigenvalue weighted by Crippen LogP contribution is 2.36. The van der Waals surface area contributed by atoms with Gasteiger partial charge in [0.15, 0.2) is 0 Å². The highest BCUT2D eigenvalue weighted by molar-refractivity contribution is 6.04. The highest BCUT2D eigenvalue weighted by Gasteiger charge is 2.45. The first-order valence-corrected chi connectivity index (χ1v) is 8.45. The van der Waals surface area contributed by atoms with Crippen molar-refractivity contribution in [3.05, 3.63) is 35.0 Å². The van der Waals surface area contributed by atoms with Crippen molar-refractivity contribution in [2.24, 2.45) is 0 Å². The molecule has 0 unspecified atom stereocenters. The molecular formula is C18H17F3N2O6. The van der Waals surface area contributed by atoms with Crippen LogP contribution in [0.4, 0.5) is 24.5 Å². The summed E-state index contributed by atoms with van der Waals surface area (Å²) in [7, 11) is 2.31. The van der Waals surface area contributed by atoms with Crippen molar-refractivity contribution in [2.45, 2.75) is 12.6 Å². The number of nitrogens with zero attached hydrogens (tertiary/aromatic N) is 2. The summed E-state index contributed by atoms with van der Waals surface area (Å²) in [6.45, 7) is -0.359. The van der Waals surface area contributed by atoms with Crippen molar-refractivity contribution >= 4 is 29.2 Å². The number of benzene rings is 1. The summed E-state index contributed by atoms with van der Waals surface area (Å²) in [5, 5.41) is 0. The molecule has 1 aromatic carbocycles. The van der Waals surface area contributed by atoms with E-state index in [1.165, 1.54) is 17.0 Å². The number of rotatable bonds is 3. The second-order valence-corrected chi connectivity index (χ2v) is 6.23. The molecule has 0 N–H and O–H groups in total. The second kappa shape index (κ2) is 7.74. The van der Waals surface area contributed by atoms with E-state index in [1.54, 1.807) is 6.07 Å². The fourth-order valence-corrected chi connectivity index (χ4v) is 3.27. The molecule has 3 rings (SSSR count). The molecule has 2 aliphatic rings. The van der Waals surface area contributed by atoms with Crippen molar-refractivity contribution in [1.29, 1.82) is 0 Å². The normalized spacial score (nSPS) is 16.6. The number of esters is 2. The first-order chi connectivity index (χ1) is 13.7. The average Bonchev–Trinajstić information content (AvgIpc) is 3.13. The Labute approximate surface area is 163 Å². The fraction of sp³-hybridized carbons (Fsp3) is 0.389. The Kier molecular flexibility index (Phi) is 5.51. The molecule has 0 atom stereocenters. The Morgan fingerprint density at radius 2 is 1.79 bits per heavy atom. The summed E-state index contributed by atoms with van der Waals surface area (Å²) in [6.07, 6.45) is -4.77. The monoisotopic (exact) mass is 414 g/mol. The van der Waals surface area contributed by atoms with E-state index in [0.29, 0.717) is 16.2 Å². The van der Waals surface area contributed by atoms with E-state index in [9.17, 15) is 27.6 Å². The number of ether oxygens (including phenoxy) is 3. The number of methoxy groups -OCH3 is 2. The summed E-state index contributed by atoms with van der Waals surface area (Å²) < 4.78 is 53.2. The predicted octanol–water partition coefficient (Wildman–Crippen LogP) is 1.53. The van der Waals surface area contributed by atoms with Gasteiger partial charge in [0.25, 0.3) is 0 Å². The molecule has 0 aliphatic carbocycles. The van der Waals surface area contributed by atoms with Gasteiger partial charge in [-0.05, 0) is 30.2 Å². The lowest BCUT2D eigenvalue weighted by Crippen LogP contribution is -2.40. The highest BCUT2D eigenvalue weighted by atomic mass is 19.4. The van der Waals surface area contributed by atoms with E-state index < -0.39 is 24.0 Å². The second-order valence-electron chi connectivity index (χ2n) is 6.23. The molecular weight excluding hydrogens is 397 g/mol. The van der Waals surface area contributed by atoms with Crippen molar-refractivity contribution < 1.29 is 41.8 Å². The summed E-state index contributed by atoms with van der Waals surface area (Å²) in [5.41, 5.74) is 0.915. The maximum atomic E-state index is 12.8. The smallest absolute Gasteiger partial charge is 0.466 e. The van der Waals surface area contributed by atoms with E-state index in [-0.39, 0.29) is 43.3 Å². The molecule has 0 bridgehead atoms. The maximum absolute atomic E-state index is 12.8. The molecule has 1 amide bonds. The molecule has 156 valence electrons. The van der Waals surface area contributed by atoms with E-state index >= 15 is 0 Å². The quantitative estimate of drug-likeness (QED) is 0.694. The number of halogens is 3. The van der Waals surface area contributed by atoms with Gasteiger partial charge in [-0.15, -0.1) is 0 Å². The number of amides is 1. The van der Waals surface area contributed by atoms with E-state index in [1.807, 2.05) is 0 Å². The Bertz CT molecular complexity index is 896. The molecule has 8 nitrogen and oxygen atoms in total. The van der Waals surface area contributed by atoms with Gasteiger partial charge < -0.3 is 24.0 Å². The molecule has 0 fully saturated rings. The molecule has 0 radical (unpaired) electrons. The molecule has 0 spiro atoms. The van der Waals surface area contributed by atoms with Gasteiger partial charge in [0.05, 0.1) is 26.4 Å². The molecule has 2 aliphatic heterocycles. The van der Waals surface area contributed by atoms with Crippen LogP contribution < -0.4 is 9.80 Å². The third-order valence-electron chi connectivity index (χ3n) is 4.59. The first kappa shape index (κ1) is 20.6. The predicted molar refractivity (Wildman–Crippen MR) is 92.9 cm³/mol. The van der Waals surface area contributed by atoms with Crippen molar-refractivity contribution in [2.75, 3.05) is 43.9 Å². The Hall–Kier alpha value is -3.08. The van der Waals surface area contributed by atoms with Crippen LogP contribution in [0, 0.1) is 0 Å². The standard InChI is InChI=1S/C18H17F3N2O6/c1-27-15(24)12-8-29-9-23(14(12)16(25)28-2)11-3-4-13-10(7-11)5-6-22(13)17(26)18(19,20)21/h3-4,7H,5-6,8-9H2,1-2H3. The summed E-state index contributed by atoms with van der Waals surface area (Å²) in [6, 6.07) is 4.35. The Morgan fingerprint density at radius 1 is 1.10 bits per heavy atom. The molecule has 11 heteroatoms. The van der Waals surface area contributed by atoms with Gasteiger partial charge in [-0.3, -0.25) is 4.79 Å². The van der Waals surface area contributed by atoms with Gasteiger partial charge in [-0.1, -0.05) is 0 Å². The fourth-order valence-electron chi connectivity index (χ4n) is 3.27. The average molecular weight is 414 g/mol. The number of hydrogen-bond acceptors (Lipinski definition) is 7. The van der Waals surface area contributed by atoms with Crippen LogP contribution in [-0.2, 0) is 35.0 Å². The molecule has 0 saturated carbocycles. The lowest BCUT2D eigenvalue weighted by Gasteiger charge is -2.31. The van der Waals surface area contributed by atoms with Crippen LogP contribution >= 0.6 is 0 Å². The van der Waals surface area contributed by atoms with Crippen LogP contribution in [0.25, 0.3) is 0 Å². The van der Waals surface area contributed by atoms with Crippen molar-refractivity contribution in [3.8, 4) is 0 Å². The van der Waals surface area contributed by atoms with Gasteiger partial charge >= 0.3 is 24.0 Å². The van der Waals surface area contributed by atoms with Gasteiger partial charge in [-0.2, -0.15) is 13.2 Å². The number of alkyl halides is 3.